The van der Waals surface area contributed by atoms with Crippen molar-refractivity contribution in [2.24, 2.45) is 0 Å². The molecule has 3 nitrogen and oxygen atoms in total. The monoisotopic (exact) mass is 176 g/mol. The highest BCUT2D eigenvalue weighted by Gasteiger charge is 2.28. The van der Waals surface area contributed by atoms with Gasteiger partial charge >= 0.3 is 0 Å². The molecule has 74 valence electrons. The second-order valence-corrected chi connectivity index (χ2v) is 2.87. The summed E-state index contributed by atoms with van der Waals surface area (Å²) in [6, 6.07) is 0. The first-order valence-electron chi connectivity index (χ1n) is 4.36. The van der Waals surface area contributed by atoms with Crippen LogP contribution >= 0.6 is 0 Å². The summed E-state index contributed by atoms with van der Waals surface area (Å²) in [6.07, 6.45) is 2.16. The van der Waals surface area contributed by atoms with Crippen LogP contribution in [0, 0.1) is 0 Å². The van der Waals surface area contributed by atoms with Gasteiger partial charge in [0.05, 0.1) is 6.61 Å². The Morgan fingerprint density at radius 3 is 2.17 bits per heavy atom. The van der Waals surface area contributed by atoms with Crippen molar-refractivity contribution in [2.45, 2.75) is 32.5 Å². The van der Waals surface area contributed by atoms with E-state index in [2.05, 4.69) is 4.74 Å². The van der Waals surface area contributed by atoms with Crippen molar-refractivity contribution < 1.29 is 14.2 Å². The summed E-state index contributed by atoms with van der Waals surface area (Å²) in [4.78, 5) is 0. The third kappa shape index (κ3) is 4.70. The number of hydrogen-bond donors (Lipinski definition) is 0. The molecule has 0 radical (unpaired) electrons. The lowest BCUT2D eigenvalue weighted by Crippen LogP contribution is -2.24. The summed E-state index contributed by atoms with van der Waals surface area (Å²) in [6.45, 7) is 5.60. The van der Waals surface area contributed by atoms with Crippen LogP contribution in [0.15, 0.2) is 0 Å². The normalized spacial score (nSPS) is 28.0. The van der Waals surface area contributed by atoms with E-state index >= 15 is 0 Å². The molecule has 1 fully saturated rings. The standard InChI is InChI=1S/C6H12O2.C3H8O/c1-6(7-2)4-3-5-8-6;1-3-4-2/h3-5H2,1-2H3;3H2,1-2H3. The third-order valence-corrected chi connectivity index (χ3v) is 1.90. The van der Waals surface area contributed by atoms with Crippen LogP contribution in [0.1, 0.15) is 26.7 Å². The van der Waals surface area contributed by atoms with Crippen LogP contribution in [0.2, 0.25) is 0 Å². The lowest BCUT2D eigenvalue weighted by Gasteiger charge is -2.19. The van der Waals surface area contributed by atoms with E-state index in [1.165, 1.54) is 0 Å². The van der Waals surface area contributed by atoms with E-state index in [1.54, 1.807) is 14.2 Å². The second kappa shape index (κ2) is 6.40. The van der Waals surface area contributed by atoms with E-state index in [4.69, 9.17) is 9.47 Å². The number of methoxy groups -OCH3 is 2. The quantitative estimate of drug-likeness (QED) is 0.642. The maximum absolute atomic E-state index is 5.27. The Bertz CT molecular complexity index is 95.9. The summed E-state index contributed by atoms with van der Waals surface area (Å²) >= 11 is 0. The predicted octanol–water partition coefficient (Wildman–Crippen LogP) is 1.81. The Hall–Kier alpha value is -0.120. The average Bonchev–Trinajstić information content (AvgIpc) is 2.54. The summed E-state index contributed by atoms with van der Waals surface area (Å²) in [5.41, 5.74) is 0. The Morgan fingerprint density at radius 1 is 1.42 bits per heavy atom. The van der Waals surface area contributed by atoms with Gasteiger partial charge in [0.25, 0.3) is 0 Å². The molecule has 0 amide bonds. The number of rotatable bonds is 2. The zero-order valence-corrected chi connectivity index (χ0v) is 8.55. The van der Waals surface area contributed by atoms with Gasteiger partial charge < -0.3 is 14.2 Å². The van der Waals surface area contributed by atoms with E-state index in [9.17, 15) is 0 Å². The van der Waals surface area contributed by atoms with Crippen LogP contribution in [0.4, 0.5) is 0 Å². The van der Waals surface area contributed by atoms with Crippen molar-refractivity contribution in [3.8, 4) is 0 Å². The van der Waals surface area contributed by atoms with Crippen LogP contribution < -0.4 is 0 Å². The van der Waals surface area contributed by atoms with Crippen molar-refractivity contribution in [1.82, 2.24) is 0 Å². The smallest absolute Gasteiger partial charge is 0.165 e. The molecule has 1 aliphatic rings. The molecule has 1 heterocycles. The van der Waals surface area contributed by atoms with E-state index < -0.39 is 0 Å². The minimum absolute atomic E-state index is 0.264. The third-order valence-electron chi connectivity index (χ3n) is 1.90. The molecule has 0 aromatic carbocycles. The fourth-order valence-electron chi connectivity index (χ4n) is 0.915. The van der Waals surface area contributed by atoms with Gasteiger partial charge in [0.2, 0.25) is 0 Å². The van der Waals surface area contributed by atoms with Gasteiger partial charge in [-0.2, -0.15) is 0 Å². The fourth-order valence-corrected chi connectivity index (χ4v) is 0.915. The largest absolute Gasteiger partial charge is 0.385 e. The highest BCUT2D eigenvalue weighted by atomic mass is 16.7. The zero-order chi connectivity index (χ0) is 9.45. The van der Waals surface area contributed by atoms with E-state index in [0.717, 1.165) is 26.1 Å². The van der Waals surface area contributed by atoms with Crippen LogP contribution in [0.25, 0.3) is 0 Å². The van der Waals surface area contributed by atoms with Gasteiger partial charge in [-0.25, -0.2) is 0 Å². The summed E-state index contributed by atoms with van der Waals surface area (Å²) in [7, 11) is 3.37. The molecule has 0 saturated carbocycles. The Kier molecular flexibility index (Phi) is 6.34. The molecule has 1 rings (SSSR count). The maximum Gasteiger partial charge on any atom is 0.165 e. The molecule has 0 aromatic heterocycles. The predicted molar refractivity (Wildman–Crippen MR) is 48.2 cm³/mol. The molecular weight excluding hydrogens is 156 g/mol. The van der Waals surface area contributed by atoms with Gasteiger partial charge in [-0.05, 0) is 20.3 Å². The SMILES string of the molecule is CCOC.COC1(C)CCCO1. The topological polar surface area (TPSA) is 27.7 Å². The van der Waals surface area contributed by atoms with Gasteiger partial charge in [0.15, 0.2) is 5.79 Å². The first-order chi connectivity index (χ1) is 5.68. The van der Waals surface area contributed by atoms with Gasteiger partial charge in [-0.3, -0.25) is 0 Å². The Morgan fingerprint density at radius 2 is 2.00 bits per heavy atom. The van der Waals surface area contributed by atoms with Crippen LogP contribution in [-0.2, 0) is 14.2 Å². The highest BCUT2D eigenvalue weighted by Crippen LogP contribution is 2.24. The van der Waals surface area contributed by atoms with Gasteiger partial charge in [-0.1, -0.05) is 0 Å². The first kappa shape index (κ1) is 11.9. The summed E-state index contributed by atoms with van der Waals surface area (Å²) in [5.74, 6) is -0.264. The van der Waals surface area contributed by atoms with Gasteiger partial charge in [-0.15, -0.1) is 0 Å². The number of ether oxygens (including phenoxy) is 3. The van der Waals surface area contributed by atoms with Crippen molar-refractivity contribution in [3.05, 3.63) is 0 Å². The lowest BCUT2D eigenvalue weighted by atomic mass is 10.2. The molecule has 0 bridgehead atoms. The molecule has 0 N–H and O–H groups in total. The van der Waals surface area contributed by atoms with Crippen LogP contribution in [-0.4, -0.2) is 33.2 Å². The van der Waals surface area contributed by atoms with Crippen LogP contribution in [0.3, 0.4) is 0 Å². The van der Waals surface area contributed by atoms with Crippen molar-refractivity contribution in [1.29, 1.82) is 0 Å². The van der Waals surface area contributed by atoms with E-state index in [1.807, 2.05) is 13.8 Å². The lowest BCUT2D eigenvalue weighted by molar-refractivity contribution is -0.178. The molecule has 3 heteroatoms. The van der Waals surface area contributed by atoms with Crippen molar-refractivity contribution in [3.63, 3.8) is 0 Å². The minimum atomic E-state index is -0.264. The van der Waals surface area contributed by atoms with Crippen LogP contribution in [0.5, 0.6) is 0 Å². The van der Waals surface area contributed by atoms with E-state index in [-0.39, 0.29) is 5.79 Å². The second-order valence-electron chi connectivity index (χ2n) is 2.87. The average molecular weight is 176 g/mol. The molecular formula is C9H20O3. The maximum atomic E-state index is 5.27. The number of hydrogen-bond acceptors (Lipinski definition) is 3. The first-order valence-corrected chi connectivity index (χ1v) is 4.36. The van der Waals surface area contributed by atoms with Crippen molar-refractivity contribution >= 4 is 0 Å². The fraction of sp³-hybridized carbons (Fsp3) is 1.00. The minimum Gasteiger partial charge on any atom is -0.385 e. The summed E-state index contributed by atoms with van der Waals surface area (Å²) in [5, 5.41) is 0. The van der Waals surface area contributed by atoms with Crippen molar-refractivity contribution in [2.75, 3.05) is 27.4 Å². The molecule has 1 unspecified atom stereocenters. The highest BCUT2D eigenvalue weighted by molar-refractivity contribution is 4.67. The Balaban J connectivity index is 0.000000261. The molecule has 0 spiro atoms. The molecule has 1 atom stereocenters. The Labute approximate surface area is 75.0 Å². The van der Waals surface area contributed by atoms with Gasteiger partial charge in [0.1, 0.15) is 0 Å². The molecule has 1 aliphatic heterocycles. The molecule has 0 aliphatic carbocycles. The van der Waals surface area contributed by atoms with Gasteiger partial charge in [0, 0.05) is 27.2 Å². The molecule has 12 heavy (non-hydrogen) atoms. The van der Waals surface area contributed by atoms with E-state index in [0.29, 0.717) is 0 Å². The molecule has 1 saturated heterocycles. The molecule has 0 aromatic rings. The zero-order valence-electron chi connectivity index (χ0n) is 8.55. The summed E-state index contributed by atoms with van der Waals surface area (Å²) < 4.78 is 14.9.